The van der Waals surface area contributed by atoms with Crippen molar-refractivity contribution >= 4 is 49.7 Å². The fraction of sp³-hybridized carbons (Fsp3) is 0. The monoisotopic (exact) mass is 350 g/mol. The highest BCUT2D eigenvalue weighted by Gasteiger charge is 2.17. The predicted molar refractivity (Wildman–Crippen MR) is 91.8 cm³/mol. The van der Waals surface area contributed by atoms with E-state index in [1.165, 1.54) is 12.1 Å². The first-order chi connectivity index (χ1) is 10.5. The average molecular weight is 351 g/mol. The largest absolute Gasteiger partial charge is 0.353 e. The summed E-state index contributed by atoms with van der Waals surface area (Å²) in [4.78, 5) is 3.26. The van der Waals surface area contributed by atoms with Gasteiger partial charge in [0.15, 0.2) is 0 Å². The smallest absolute Gasteiger partial charge is 0.262 e. The van der Waals surface area contributed by atoms with Gasteiger partial charge in [-0.05, 0) is 30.3 Å². The number of rotatable bonds is 3. The molecule has 2 N–H and O–H groups in total. The van der Waals surface area contributed by atoms with Crippen molar-refractivity contribution < 1.29 is 8.42 Å². The highest BCUT2D eigenvalue weighted by molar-refractivity contribution is 7.92. The lowest BCUT2D eigenvalue weighted by atomic mass is 10.2. The first kappa shape index (κ1) is 15.0. The SMILES string of the molecule is O=S(=O)(NC(=S)c1cc2ccccc2[nH]1)c1cccc(Cl)c1. The van der Waals surface area contributed by atoms with Gasteiger partial charge in [-0.3, -0.25) is 4.72 Å². The lowest BCUT2D eigenvalue weighted by Gasteiger charge is -2.08. The first-order valence-corrected chi connectivity index (χ1v) is 8.63. The summed E-state index contributed by atoms with van der Waals surface area (Å²) in [7, 11) is -3.76. The Hall–Kier alpha value is -1.89. The highest BCUT2D eigenvalue weighted by Crippen LogP contribution is 2.18. The number of hydrogen-bond acceptors (Lipinski definition) is 3. The summed E-state index contributed by atoms with van der Waals surface area (Å²) in [6.45, 7) is 0. The molecule has 0 saturated carbocycles. The second kappa shape index (κ2) is 5.72. The molecule has 3 aromatic rings. The molecule has 22 heavy (non-hydrogen) atoms. The van der Waals surface area contributed by atoms with Crippen LogP contribution in [0.1, 0.15) is 5.69 Å². The molecule has 0 aliphatic heterocycles. The van der Waals surface area contributed by atoms with Crippen LogP contribution in [0.3, 0.4) is 0 Å². The molecule has 1 heterocycles. The van der Waals surface area contributed by atoms with E-state index in [-0.39, 0.29) is 9.88 Å². The summed E-state index contributed by atoms with van der Waals surface area (Å²) in [6, 6.07) is 15.4. The van der Waals surface area contributed by atoms with E-state index in [1.54, 1.807) is 18.2 Å². The molecule has 2 aromatic carbocycles. The number of thiocarbonyl (C=S) groups is 1. The minimum absolute atomic E-state index is 0.0680. The van der Waals surface area contributed by atoms with Gasteiger partial charge in [0.1, 0.15) is 4.99 Å². The lowest BCUT2D eigenvalue weighted by Crippen LogP contribution is -2.30. The minimum Gasteiger partial charge on any atom is -0.353 e. The highest BCUT2D eigenvalue weighted by atomic mass is 35.5. The summed E-state index contributed by atoms with van der Waals surface area (Å²) in [5.41, 5.74) is 1.43. The van der Waals surface area contributed by atoms with Crippen LogP contribution in [-0.4, -0.2) is 18.4 Å². The third-order valence-electron chi connectivity index (χ3n) is 3.11. The van der Waals surface area contributed by atoms with E-state index in [4.69, 9.17) is 23.8 Å². The molecule has 3 rings (SSSR count). The number of aromatic nitrogens is 1. The Morgan fingerprint density at radius 3 is 2.59 bits per heavy atom. The van der Waals surface area contributed by atoms with Crippen molar-refractivity contribution in [2.45, 2.75) is 4.90 Å². The normalized spacial score (nSPS) is 11.5. The molecule has 4 nitrogen and oxygen atoms in total. The number of sulfonamides is 1. The van der Waals surface area contributed by atoms with Crippen LogP contribution in [0, 0.1) is 0 Å². The average Bonchev–Trinajstić information content (AvgIpc) is 2.91. The Labute approximate surface area is 138 Å². The summed E-state index contributed by atoms with van der Waals surface area (Å²) < 4.78 is 27.0. The molecule has 0 unspecified atom stereocenters. The fourth-order valence-corrected chi connectivity index (χ4v) is 3.77. The van der Waals surface area contributed by atoms with E-state index in [0.29, 0.717) is 10.7 Å². The van der Waals surface area contributed by atoms with E-state index < -0.39 is 10.0 Å². The second-order valence-corrected chi connectivity index (χ2v) is 7.19. The minimum atomic E-state index is -3.76. The van der Waals surface area contributed by atoms with Crippen LogP contribution >= 0.6 is 23.8 Å². The van der Waals surface area contributed by atoms with Crippen molar-refractivity contribution in [2.75, 3.05) is 0 Å². The van der Waals surface area contributed by atoms with Gasteiger partial charge in [-0.25, -0.2) is 8.42 Å². The van der Waals surface area contributed by atoms with E-state index in [9.17, 15) is 8.42 Å². The van der Waals surface area contributed by atoms with Crippen LogP contribution in [-0.2, 0) is 10.0 Å². The maximum atomic E-state index is 12.3. The Morgan fingerprint density at radius 1 is 1.09 bits per heavy atom. The van der Waals surface area contributed by atoms with Crippen LogP contribution in [0.5, 0.6) is 0 Å². The van der Waals surface area contributed by atoms with Gasteiger partial charge in [-0.15, -0.1) is 0 Å². The number of nitrogens with one attached hydrogen (secondary N) is 2. The number of H-pyrrole nitrogens is 1. The molecule has 0 radical (unpaired) electrons. The van der Waals surface area contributed by atoms with Gasteiger partial charge in [-0.1, -0.05) is 48.1 Å². The van der Waals surface area contributed by atoms with Crippen molar-refractivity contribution in [3.05, 3.63) is 65.3 Å². The Bertz CT molecular complexity index is 931. The first-order valence-electron chi connectivity index (χ1n) is 6.36. The molecule has 0 aliphatic rings. The zero-order chi connectivity index (χ0) is 15.7. The van der Waals surface area contributed by atoms with Crippen LogP contribution in [0.2, 0.25) is 5.02 Å². The van der Waals surface area contributed by atoms with Gasteiger partial charge in [0.05, 0.1) is 10.6 Å². The third kappa shape index (κ3) is 2.99. The number of benzene rings is 2. The van der Waals surface area contributed by atoms with Crippen LogP contribution < -0.4 is 4.72 Å². The molecule has 112 valence electrons. The summed E-state index contributed by atoms with van der Waals surface area (Å²) in [5, 5.41) is 1.31. The maximum absolute atomic E-state index is 12.3. The number of aromatic amines is 1. The molecular weight excluding hydrogens is 340 g/mol. The van der Waals surface area contributed by atoms with E-state index >= 15 is 0 Å². The van der Waals surface area contributed by atoms with E-state index in [1.807, 2.05) is 24.3 Å². The van der Waals surface area contributed by atoms with Gasteiger partial charge in [0.2, 0.25) is 0 Å². The zero-order valence-corrected chi connectivity index (χ0v) is 13.6. The van der Waals surface area contributed by atoms with Crippen molar-refractivity contribution in [3.63, 3.8) is 0 Å². The van der Waals surface area contributed by atoms with Crippen molar-refractivity contribution in [2.24, 2.45) is 0 Å². The molecule has 0 spiro atoms. The molecule has 1 aromatic heterocycles. The quantitative estimate of drug-likeness (QED) is 0.711. The van der Waals surface area contributed by atoms with Gasteiger partial charge in [0, 0.05) is 15.9 Å². The van der Waals surface area contributed by atoms with Crippen molar-refractivity contribution in [3.8, 4) is 0 Å². The van der Waals surface area contributed by atoms with Crippen molar-refractivity contribution in [1.29, 1.82) is 0 Å². The molecule has 7 heteroatoms. The van der Waals surface area contributed by atoms with E-state index in [0.717, 1.165) is 10.9 Å². The van der Waals surface area contributed by atoms with Gasteiger partial charge >= 0.3 is 0 Å². The summed E-state index contributed by atoms with van der Waals surface area (Å²) in [5.74, 6) is 0. The van der Waals surface area contributed by atoms with Crippen LogP contribution in [0.25, 0.3) is 10.9 Å². The molecule has 0 bridgehead atoms. The molecule has 0 fully saturated rings. The van der Waals surface area contributed by atoms with Crippen LogP contribution in [0.15, 0.2) is 59.5 Å². The number of hydrogen-bond donors (Lipinski definition) is 2. The lowest BCUT2D eigenvalue weighted by molar-refractivity contribution is 0.593. The fourth-order valence-electron chi connectivity index (χ4n) is 2.07. The van der Waals surface area contributed by atoms with Crippen molar-refractivity contribution in [1.82, 2.24) is 9.71 Å². The van der Waals surface area contributed by atoms with Gasteiger partial charge in [-0.2, -0.15) is 0 Å². The summed E-state index contributed by atoms with van der Waals surface area (Å²) >= 11 is 11.0. The third-order valence-corrected chi connectivity index (χ3v) is 5.14. The standard InChI is InChI=1S/C15H11ClN2O2S2/c16-11-5-3-6-12(9-11)22(19,20)18-15(21)14-8-10-4-1-2-7-13(10)17-14/h1-9,17H,(H,18,21). The van der Waals surface area contributed by atoms with E-state index in [2.05, 4.69) is 9.71 Å². The van der Waals surface area contributed by atoms with Gasteiger partial charge in [0.25, 0.3) is 10.0 Å². The summed E-state index contributed by atoms with van der Waals surface area (Å²) in [6.07, 6.45) is 0. The zero-order valence-electron chi connectivity index (χ0n) is 11.2. The van der Waals surface area contributed by atoms with Crippen LogP contribution in [0.4, 0.5) is 0 Å². The number of halogens is 1. The Morgan fingerprint density at radius 2 is 1.86 bits per heavy atom. The number of fused-ring (bicyclic) bond motifs is 1. The molecule has 0 saturated heterocycles. The molecular formula is C15H11ClN2O2S2. The number of para-hydroxylation sites is 1. The molecule has 0 aliphatic carbocycles. The second-order valence-electron chi connectivity index (χ2n) is 4.66. The molecule has 0 atom stereocenters. The van der Waals surface area contributed by atoms with Gasteiger partial charge < -0.3 is 4.98 Å². The molecule has 0 amide bonds. The topological polar surface area (TPSA) is 62.0 Å². The maximum Gasteiger partial charge on any atom is 0.262 e. The Balaban J connectivity index is 1.90. The Kier molecular flexibility index (Phi) is 3.90. The predicted octanol–water partition coefficient (Wildman–Crippen LogP) is 3.48.